The van der Waals surface area contributed by atoms with E-state index in [9.17, 15) is 14.9 Å². The molecule has 8 heteroatoms. The number of likely N-dealkylation sites (tertiary alicyclic amines) is 1. The van der Waals surface area contributed by atoms with Gasteiger partial charge in [0.25, 0.3) is 0 Å². The zero-order valence-electron chi connectivity index (χ0n) is 18.7. The molecule has 0 saturated carbocycles. The van der Waals surface area contributed by atoms with E-state index in [1.54, 1.807) is 17.0 Å². The topological polar surface area (TPSA) is 99.0 Å². The second kappa shape index (κ2) is 9.87. The number of fused-ring (bicyclic) bond motifs is 1. The molecule has 1 aliphatic heterocycles. The van der Waals surface area contributed by atoms with E-state index >= 15 is 0 Å². The Morgan fingerprint density at radius 3 is 2.34 bits per heavy atom. The second-order valence-corrected chi connectivity index (χ2v) is 8.83. The predicted octanol–water partition coefficient (Wildman–Crippen LogP) is 4.51. The largest absolute Gasteiger partial charge is 0.325 e. The molecule has 2 amide bonds. The van der Waals surface area contributed by atoms with E-state index in [4.69, 9.17) is 0 Å². The molecule has 1 unspecified atom stereocenters. The highest BCUT2D eigenvalue weighted by Gasteiger charge is 2.40. The molecule has 0 spiro atoms. The number of carbonyl (C=O) groups is 2. The maximum Gasteiger partial charge on any atom is 0.247 e. The summed E-state index contributed by atoms with van der Waals surface area (Å²) in [4.78, 5) is 29.1. The van der Waals surface area contributed by atoms with Crippen LogP contribution in [0.5, 0.6) is 0 Å². The lowest BCUT2D eigenvalue weighted by Crippen LogP contribution is -2.45. The van der Waals surface area contributed by atoms with Gasteiger partial charge in [0, 0.05) is 19.0 Å². The zero-order valence-corrected chi connectivity index (χ0v) is 19.5. The number of nitriles is 1. The summed E-state index contributed by atoms with van der Waals surface area (Å²) in [7, 11) is 0. The lowest BCUT2D eigenvalue weighted by Gasteiger charge is -2.28. The minimum absolute atomic E-state index is 0.183. The second-order valence-electron chi connectivity index (χ2n) is 8.30. The van der Waals surface area contributed by atoms with E-state index in [0.29, 0.717) is 23.1 Å². The average molecular weight is 480 g/mol. The van der Waals surface area contributed by atoms with Crippen molar-refractivity contribution in [1.29, 1.82) is 5.26 Å². The van der Waals surface area contributed by atoms with Crippen molar-refractivity contribution in [3.8, 4) is 6.07 Å². The maximum atomic E-state index is 14.0. The monoisotopic (exact) mass is 479 g/mol. The van der Waals surface area contributed by atoms with Gasteiger partial charge < -0.3 is 10.2 Å². The standard InChI is InChI=1S/C27H21N5O2S/c28-15-14-18-16-23(26(33)29-21-12-7-13-22-25(21)31-35-30-22)32(17-18)27(34)24(19-8-3-1-4-9-19)20-10-5-2-6-11-20/h1-14,23-24H,16-17H2,(H,29,33)/b18-14+. The highest BCUT2D eigenvalue weighted by atomic mass is 32.1. The first-order valence-electron chi connectivity index (χ1n) is 11.2. The molecule has 0 radical (unpaired) electrons. The smallest absolute Gasteiger partial charge is 0.247 e. The number of amides is 2. The number of nitrogens with one attached hydrogen (secondary N) is 1. The van der Waals surface area contributed by atoms with Gasteiger partial charge in [0.15, 0.2) is 0 Å². The third-order valence-electron chi connectivity index (χ3n) is 6.12. The molecule has 172 valence electrons. The molecule has 1 atom stereocenters. The lowest BCUT2D eigenvalue weighted by molar-refractivity contribution is -0.137. The van der Waals surface area contributed by atoms with Crippen molar-refractivity contribution < 1.29 is 9.59 Å². The van der Waals surface area contributed by atoms with Gasteiger partial charge in [-0.1, -0.05) is 66.7 Å². The fourth-order valence-electron chi connectivity index (χ4n) is 4.47. The van der Waals surface area contributed by atoms with Crippen molar-refractivity contribution in [2.75, 3.05) is 11.9 Å². The van der Waals surface area contributed by atoms with Crippen molar-refractivity contribution >= 4 is 40.3 Å². The van der Waals surface area contributed by atoms with E-state index in [-0.39, 0.29) is 18.4 Å². The summed E-state index contributed by atoms with van der Waals surface area (Å²) in [6.07, 6.45) is 1.73. The van der Waals surface area contributed by atoms with Crippen molar-refractivity contribution in [2.45, 2.75) is 18.4 Å². The third-order valence-corrected chi connectivity index (χ3v) is 6.66. The Morgan fingerprint density at radius 2 is 1.69 bits per heavy atom. The van der Waals surface area contributed by atoms with Crippen LogP contribution in [-0.4, -0.2) is 38.0 Å². The zero-order chi connectivity index (χ0) is 24.2. The molecule has 1 fully saturated rings. The van der Waals surface area contributed by atoms with Gasteiger partial charge in [-0.25, -0.2) is 0 Å². The van der Waals surface area contributed by atoms with Crippen molar-refractivity contribution in [3.63, 3.8) is 0 Å². The number of anilines is 1. The number of aromatic nitrogens is 2. The molecular weight excluding hydrogens is 458 g/mol. The average Bonchev–Trinajstić information content (AvgIpc) is 3.54. The van der Waals surface area contributed by atoms with Crippen LogP contribution in [0.4, 0.5) is 5.69 Å². The molecule has 1 saturated heterocycles. The molecule has 5 rings (SSSR count). The molecular formula is C27H21N5O2S. The van der Waals surface area contributed by atoms with E-state index in [1.165, 1.54) is 6.08 Å². The quantitative estimate of drug-likeness (QED) is 0.425. The van der Waals surface area contributed by atoms with Crippen molar-refractivity contribution in [1.82, 2.24) is 13.6 Å². The number of allylic oxidation sites excluding steroid dienone is 1. The van der Waals surface area contributed by atoms with Gasteiger partial charge in [-0.15, -0.1) is 0 Å². The van der Waals surface area contributed by atoms with Crippen molar-refractivity contribution in [2.24, 2.45) is 0 Å². The van der Waals surface area contributed by atoms with Crippen LogP contribution >= 0.6 is 11.7 Å². The third kappa shape index (κ3) is 4.54. The first-order valence-corrected chi connectivity index (χ1v) is 11.9. The Balaban J connectivity index is 1.49. The van der Waals surface area contributed by atoms with Crippen LogP contribution in [0.1, 0.15) is 23.5 Å². The van der Waals surface area contributed by atoms with Gasteiger partial charge in [0.05, 0.1) is 29.4 Å². The number of hydrogen-bond donors (Lipinski definition) is 1. The van der Waals surface area contributed by atoms with Crippen LogP contribution in [0.2, 0.25) is 0 Å². The molecule has 0 bridgehead atoms. The minimum atomic E-state index is -0.751. The Bertz CT molecular complexity index is 1400. The van der Waals surface area contributed by atoms with Crippen LogP contribution in [0.25, 0.3) is 11.0 Å². The fraction of sp³-hybridized carbons (Fsp3) is 0.148. The first kappa shape index (κ1) is 22.4. The van der Waals surface area contributed by atoms with E-state index in [2.05, 4.69) is 14.1 Å². The van der Waals surface area contributed by atoms with E-state index < -0.39 is 12.0 Å². The summed E-state index contributed by atoms with van der Waals surface area (Å²) in [5.74, 6) is -1.07. The normalized spacial score (nSPS) is 16.5. The maximum absolute atomic E-state index is 14.0. The highest BCUT2D eigenvalue weighted by Crippen LogP contribution is 2.33. The van der Waals surface area contributed by atoms with Crippen LogP contribution < -0.4 is 5.32 Å². The Kier molecular flexibility index (Phi) is 6.33. The Morgan fingerprint density at radius 1 is 1.00 bits per heavy atom. The lowest BCUT2D eigenvalue weighted by atomic mass is 9.90. The summed E-state index contributed by atoms with van der Waals surface area (Å²) in [5, 5.41) is 12.2. The number of carbonyl (C=O) groups excluding carboxylic acids is 2. The minimum Gasteiger partial charge on any atom is -0.325 e. The van der Waals surface area contributed by atoms with Gasteiger partial charge in [-0.3, -0.25) is 9.59 Å². The predicted molar refractivity (Wildman–Crippen MR) is 135 cm³/mol. The molecule has 1 aliphatic rings. The van der Waals surface area contributed by atoms with E-state index in [1.807, 2.05) is 72.8 Å². The number of rotatable bonds is 5. The number of nitrogens with zero attached hydrogens (tertiary/aromatic N) is 4. The Labute approximate surface area is 206 Å². The molecule has 1 aromatic heterocycles. The van der Waals surface area contributed by atoms with Gasteiger partial charge in [-0.2, -0.15) is 14.0 Å². The molecule has 2 heterocycles. The van der Waals surface area contributed by atoms with Gasteiger partial charge in [-0.05, 0) is 28.8 Å². The SMILES string of the molecule is N#C/C=C1\CC(C(=O)Nc2cccc3nsnc23)N(C(=O)C(c2ccccc2)c2ccccc2)C1. The van der Waals surface area contributed by atoms with Crippen LogP contribution in [0.3, 0.4) is 0 Å². The van der Waals surface area contributed by atoms with Crippen LogP contribution in [-0.2, 0) is 9.59 Å². The molecule has 0 aliphatic carbocycles. The molecule has 7 nitrogen and oxygen atoms in total. The molecule has 4 aromatic rings. The Hall–Kier alpha value is -4.35. The van der Waals surface area contributed by atoms with Gasteiger partial charge >= 0.3 is 0 Å². The van der Waals surface area contributed by atoms with Crippen LogP contribution in [0, 0.1) is 11.3 Å². The van der Waals surface area contributed by atoms with Crippen molar-refractivity contribution in [3.05, 3.63) is 102 Å². The van der Waals surface area contributed by atoms with Crippen LogP contribution in [0.15, 0.2) is 90.5 Å². The van der Waals surface area contributed by atoms with Gasteiger partial charge in [0.2, 0.25) is 11.8 Å². The van der Waals surface area contributed by atoms with Gasteiger partial charge in [0.1, 0.15) is 17.1 Å². The summed E-state index contributed by atoms with van der Waals surface area (Å²) < 4.78 is 8.51. The summed E-state index contributed by atoms with van der Waals surface area (Å²) in [5.41, 5.74) is 4.30. The number of hydrogen-bond acceptors (Lipinski definition) is 6. The summed E-state index contributed by atoms with van der Waals surface area (Å²) in [6, 6.07) is 25.8. The summed E-state index contributed by atoms with van der Waals surface area (Å²) in [6.45, 7) is 0.225. The highest BCUT2D eigenvalue weighted by molar-refractivity contribution is 7.00. The fourth-order valence-corrected chi connectivity index (χ4v) is 5.02. The number of benzene rings is 3. The first-order chi connectivity index (χ1) is 17.2. The molecule has 3 aromatic carbocycles. The summed E-state index contributed by atoms with van der Waals surface area (Å²) >= 11 is 1.08. The molecule has 35 heavy (non-hydrogen) atoms. The van der Waals surface area contributed by atoms with E-state index in [0.717, 1.165) is 28.4 Å². The molecule has 1 N–H and O–H groups in total.